The highest BCUT2D eigenvalue weighted by Crippen LogP contribution is 2.43. The Bertz CT molecular complexity index is 1360. The Morgan fingerprint density at radius 1 is 0.912 bits per heavy atom. The predicted octanol–water partition coefficient (Wildman–Crippen LogP) is 6.46. The SMILES string of the molecule is CCC1CNC(N)CC1[C@H](C=CC1CCCCC1)C[C@H](O)CC[C@H]1C#C[C@H]([C@H](O)CCCC[C@H]2CN[C@@H]3CC(=O)CC[C@H]3C2)C(=O)CCC2CC(OC)C(O)CC21. The summed E-state index contributed by atoms with van der Waals surface area (Å²) < 4.78 is 5.71. The minimum absolute atomic E-state index is 0.0150. The van der Waals surface area contributed by atoms with Crippen molar-refractivity contribution in [2.75, 3.05) is 20.2 Å². The molecule has 7 unspecified atom stereocenters. The molecule has 2 saturated heterocycles. The second-order valence-electron chi connectivity index (χ2n) is 19.6. The first-order valence-electron chi connectivity index (χ1n) is 23.6. The zero-order valence-corrected chi connectivity index (χ0v) is 35.5. The van der Waals surface area contributed by atoms with E-state index < -0.39 is 24.2 Å². The highest BCUT2D eigenvalue weighted by molar-refractivity contribution is 5.84. The maximum absolute atomic E-state index is 13.7. The maximum Gasteiger partial charge on any atom is 0.150 e. The molecule has 6 rings (SSSR count). The van der Waals surface area contributed by atoms with Gasteiger partial charge in [-0.15, -0.1) is 0 Å². The van der Waals surface area contributed by atoms with Crippen LogP contribution in [0.1, 0.15) is 148 Å². The van der Waals surface area contributed by atoms with Gasteiger partial charge in [-0.2, -0.15) is 0 Å². The van der Waals surface area contributed by atoms with Crippen LogP contribution in [0.4, 0.5) is 0 Å². The highest BCUT2D eigenvalue weighted by Gasteiger charge is 2.42. The standard InChI is InChI=1S/C48H79N3O6/c1-3-33-30-51-48(49)28-42(33)35(14-13-31-9-5-4-6-10-31)24-38(52)19-15-34-17-21-40(45(55)22-18-36-25-47(57-2)46(56)27-41(34)36)44(54)12-8-7-11-32-23-37-16-20-39(53)26-43(37)50-29-32/h13-14,31-38,40-44,46-48,50-52,54,56H,3-12,15-16,18-20,22-30,49H2,1-2H3/t32-,33?,34+,35-,36?,37+,38-,40-,41?,42?,43-,44-,46?,47?,48?/m1/s1. The molecule has 0 radical (unpaired) electrons. The molecule has 3 saturated carbocycles. The van der Waals surface area contributed by atoms with Crippen molar-refractivity contribution in [2.24, 2.45) is 64.9 Å². The van der Waals surface area contributed by atoms with E-state index in [-0.39, 0.29) is 41.7 Å². The Morgan fingerprint density at radius 2 is 1.72 bits per heavy atom. The summed E-state index contributed by atoms with van der Waals surface area (Å²) in [6.07, 6.45) is 22.7. The van der Waals surface area contributed by atoms with Crippen LogP contribution in [0.25, 0.3) is 0 Å². The number of ketones is 2. The third kappa shape index (κ3) is 12.7. The number of ether oxygens (including phenoxy) is 1. The number of hydrogen-bond donors (Lipinski definition) is 6. The number of aliphatic hydroxyl groups is 3. The van der Waals surface area contributed by atoms with E-state index in [1.165, 1.54) is 38.5 Å². The molecule has 0 aromatic carbocycles. The maximum atomic E-state index is 13.7. The van der Waals surface area contributed by atoms with Crippen LogP contribution in [-0.2, 0) is 14.3 Å². The van der Waals surface area contributed by atoms with Gasteiger partial charge >= 0.3 is 0 Å². The van der Waals surface area contributed by atoms with E-state index >= 15 is 0 Å². The summed E-state index contributed by atoms with van der Waals surface area (Å²) in [4.78, 5) is 25.7. The Labute approximate surface area is 344 Å². The van der Waals surface area contributed by atoms with Gasteiger partial charge in [-0.05, 0) is 144 Å². The first kappa shape index (κ1) is 44.9. The molecule has 322 valence electrons. The van der Waals surface area contributed by atoms with E-state index in [1.54, 1.807) is 7.11 Å². The van der Waals surface area contributed by atoms with Crippen molar-refractivity contribution in [3.8, 4) is 11.8 Å². The largest absolute Gasteiger partial charge is 0.393 e. The highest BCUT2D eigenvalue weighted by atomic mass is 16.5. The molecule has 5 fully saturated rings. The summed E-state index contributed by atoms with van der Waals surface area (Å²) >= 11 is 0. The number of unbranched alkanes of at least 4 members (excludes halogenated alkanes) is 1. The van der Waals surface area contributed by atoms with Crippen LogP contribution in [0.2, 0.25) is 0 Å². The molecule has 0 spiro atoms. The molecule has 2 heterocycles. The summed E-state index contributed by atoms with van der Waals surface area (Å²) in [7, 11) is 1.66. The van der Waals surface area contributed by atoms with E-state index in [4.69, 9.17) is 10.5 Å². The average Bonchev–Trinajstić information content (AvgIpc) is 3.27. The molecule has 6 aliphatic rings. The van der Waals surface area contributed by atoms with Crippen LogP contribution in [0.3, 0.4) is 0 Å². The van der Waals surface area contributed by atoms with Gasteiger partial charge in [0.1, 0.15) is 17.5 Å². The molecular formula is C48H79N3O6. The zero-order chi connectivity index (χ0) is 40.3. The molecule has 7 N–H and O–H groups in total. The number of nitrogens with one attached hydrogen (secondary N) is 2. The van der Waals surface area contributed by atoms with E-state index in [0.29, 0.717) is 99.2 Å². The topological polar surface area (TPSA) is 154 Å². The van der Waals surface area contributed by atoms with Gasteiger partial charge in [0.05, 0.1) is 30.6 Å². The Morgan fingerprint density at radius 3 is 2.51 bits per heavy atom. The van der Waals surface area contributed by atoms with Crippen molar-refractivity contribution in [2.45, 2.75) is 185 Å². The number of Topliss-reactive ketones (excluding diaryl/α,β-unsaturated/α-hetero) is 2. The molecule has 0 bridgehead atoms. The lowest BCUT2D eigenvalue weighted by Crippen LogP contribution is -2.50. The fourth-order valence-electron chi connectivity index (χ4n) is 12.2. The fraction of sp³-hybridized carbons (Fsp3) is 0.875. The van der Waals surface area contributed by atoms with E-state index in [0.717, 1.165) is 58.0 Å². The Hall–Kier alpha value is -1.64. The van der Waals surface area contributed by atoms with Crippen molar-refractivity contribution < 1.29 is 29.6 Å². The third-order valence-corrected chi connectivity index (χ3v) is 15.8. The van der Waals surface area contributed by atoms with Crippen molar-refractivity contribution in [3.05, 3.63) is 12.2 Å². The quantitative estimate of drug-likeness (QED) is 0.0588. The summed E-state index contributed by atoms with van der Waals surface area (Å²) in [5.74, 6) is 9.86. The summed E-state index contributed by atoms with van der Waals surface area (Å²) in [6.45, 7) is 4.16. The number of allylic oxidation sites excluding steroid dienone is 2. The molecule has 0 aromatic rings. The van der Waals surface area contributed by atoms with Crippen molar-refractivity contribution in [1.29, 1.82) is 0 Å². The Balaban J connectivity index is 1.09. The van der Waals surface area contributed by atoms with Gasteiger partial charge in [-0.1, -0.05) is 69.4 Å². The number of rotatable bonds is 16. The first-order valence-corrected chi connectivity index (χ1v) is 23.6. The predicted molar refractivity (Wildman–Crippen MR) is 226 cm³/mol. The number of piperidine rings is 2. The molecule has 9 heteroatoms. The number of aliphatic hydroxyl groups excluding tert-OH is 3. The smallest absolute Gasteiger partial charge is 0.150 e. The van der Waals surface area contributed by atoms with Gasteiger partial charge in [0, 0.05) is 38.3 Å². The lowest BCUT2D eigenvalue weighted by Gasteiger charge is -2.41. The van der Waals surface area contributed by atoms with Crippen LogP contribution in [0, 0.1) is 71.0 Å². The van der Waals surface area contributed by atoms with E-state index in [1.807, 2.05) is 0 Å². The lowest BCUT2D eigenvalue weighted by atomic mass is 9.67. The third-order valence-electron chi connectivity index (χ3n) is 15.8. The van der Waals surface area contributed by atoms with Crippen LogP contribution >= 0.6 is 0 Å². The van der Waals surface area contributed by atoms with Crippen LogP contribution < -0.4 is 16.4 Å². The van der Waals surface area contributed by atoms with Gasteiger partial charge in [0.15, 0.2) is 0 Å². The van der Waals surface area contributed by atoms with Gasteiger partial charge in [0.2, 0.25) is 0 Å². The summed E-state index contributed by atoms with van der Waals surface area (Å²) in [6, 6.07) is 0.356. The number of carbonyl (C=O) groups is 2. The minimum Gasteiger partial charge on any atom is -0.393 e. The fourth-order valence-corrected chi connectivity index (χ4v) is 12.2. The van der Waals surface area contributed by atoms with Crippen LogP contribution in [-0.4, -0.2) is 83.7 Å². The van der Waals surface area contributed by atoms with Crippen molar-refractivity contribution in [3.63, 3.8) is 0 Å². The summed E-state index contributed by atoms with van der Waals surface area (Å²) in [5.41, 5.74) is 6.47. The second kappa shape index (κ2) is 22.3. The van der Waals surface area contributed by atoms with E-state index in [2.05, 4.69) is 41.6 Å². The number of nitrogens with two attached hydrogens (primary N) is 1. The molecule has 0 amide bonds. The monoisotopic (exact) mass is 794 g/mol. The Kier molecular flexibility index (Phi) is 17.5. The molecule has 0 aromatic heterocycles. The summed E-state index contributed by atoms with van der Waals surface area (Å²) in [5, 5.41) is 41.6. The van der Waals surface area contributed by atoms with Gasteiger partial charge < -0.3 is 36.4 Å². The molecular weight excluding hydrogens is 715 g/mol. The lowest BCUT2D eigenvalue weighted by molar-refractivity contribution is -0.125. The van der Waals surface area contributed by atoms with Crippen molar-refractivity contribution >= 4 is 11.6 Å². The van der Waals surface area contributed by atoms with Crippen molar-refractivity contribution in [1.82, 2.24) is 10.6 Å². The van der Waals surface area contributed by atoms with Gasteiger partial charge in [-0.3, -0.25) is 9.59 Å². The molecule has 2 aliphatic heterocycles. The number of fused-ring (bicyclic) bond motifs is 2. The number of carbonyl (C=O) groups excluding carboxylic acids is 2. The average molecular weight is 794 g/mol. The number of methoxy groups -OCH3 is 1. The molecule has 57 heavy (non-hydrogen) atoms. The van der Waals surface area contributed by atoms with Crippen LogP contribution in [0.5, 0.6) is 0 Å². The minimum atomic E-state index is -0.800. The van der Waals surface area contributed by atoms with Crippen LogP contribution in [0.15, 0.2) is 12.2 Å². The number of hydrogen-bond acceptors (Lipinski definition) is 9. The molecule has 4 aliphatic carbocycles. The zero-order valence-electron chi connectivity index (χ0n) is 35.5. The molecule has 9 nitrogen and oxygen atoms in total. The normalized spacial score (nSPS) is 38.5. The van der Waals surface area contributed by atoms with Gasteiger partial charge in [0.25, 0.3) is 0 Å². The molecule has 15 atom stereocenters. The first-order chi connectivity index (χ1) is 27.6. The van der Waals surface area contributed by atoms with E-state index in [9.17, 15) is 24.9 Å². The van der Waals surface area contributed by atoms with Gasteiger partial charge in [-0.25, -0.2) is 0 Å². The second-order valence-corrected chi connectivity index (χ2v) is 19.6.